The number of anilines is 1. The molecule has 1 amide bonds. The third-order valence-corrected chi connectivity index (χ3v) is 5.98. The van der Waals surface area contributed by atoms with Gasteiger partial charge in [-0.2, -0.15) is 0 Å². The quantitative estimate of drug-likeness (QED) is 0.691. The average molecular weight is 382 g/mol. The molecule has 0 radical (unpaired) electrons. The predicted octanol–water partition coefficient (Wildman–Crippen LogP) is 3.88. The van der Waals surface area contributed by atoms with Crippen LogP contribution in [0.25, 0.3) is 10.2 Å². The van der Waals surface area contributed by atoms with Crippen LogP contribution in [0.1, 0.15) is 21.5 Å². The molecule has 4 rings (SSSR count). The van der Waals surface area contributed by atoms with E-state index in [1.807, 2.05) is 43.0 Å². The van der Waals surface area contributed by atoms with Gasteiger partial charge in [-0.05, 0) is 38.1 Å². The highest BCUT2D eigenvalue weighted by Crippen LogP contribution is 2.34. The molecule has 0 spiro atoms. The number of benzene rings is 2. The van der Waals surface area contributed by atoms with Gasteiger partial charge in [0.25, 0.3) is 5.91 Å². The molecule has 3 aromatic rings. The zero-order valence-corrected chi connectivity index (χ0v) is 16.7. The second kappa shape index (κ2) is 7.19. The van der Waals surface area contributed by atoms with Crippen LogP contribution >= 0.6 is 11.3 Å². The fourth-order valence-electron chi connectivity index (χ4n) is 3.59. The van der Waals surface area contributed by atoms with Crippen LogP contribution in [0.3, 0.4) is 0 Å². The van der Waals surface area contributed by atoms with Crippen molar-refractivity contribution in [1.82, 2.24) is 9.88 Å². The molecular weight excluding hydrogens is 358 g/mol. The standard InChI is InChI=1S/C21H23N3O2S/c1-14-11-15(2)13-16(12-14)20(25)23-7-9-24(10-8-23)21-22-19-17(26-3)5-4-6-18(19)27-21/h4-6,11-13H,7-10H2,1-3H3. The van der Waals surface area contributed by atoms with Crippen molar-refractivity contribution in [3.8, 4) is 5.75 Å². The Morgan fingerprint density at radius 2 is 1.78 bits per heavy atom. The molecule has 0 saturated carbocycles. The molecule has 1 aliphatic rings. The maximum absolute atomic E-state index is 12.8. The summed E-state index contributed by atoms with van der Waals surface area (Å²) in [6.45, 7) is 7.06. The summed E-state index contributed by atoms with van der Waals surface area (Å²) in [6.07, 6.45) is 0. The van der Waals surface area contributed by atoms with E-state index in [0.717, 1.165) is 50.9 Å². The minimum atomic E-state index is 0.118. The van der Waals surface area contributed by atoms with E-state index in [4.69, 9.17) is 9.72 Å². The van der Waals surface area contributed by atoms with E-state index in [-0.39, 0.29) is 5.91 Å². The molecule has 2 aromatic carbocycles. The van der Waals surface area contributed by atoms with Gasteiger partial charge in [-0.1, -0.05) is 34.6 Å². The molecular formula is C21H23N3O2S. The molecule has 1 aromatic heterocycles. The fourth-order valence-corrected chi connectivity index (χ4v) is 4.63. The van der Waals surface area contributed by atoms with Crippen LogP contribution < -0.4 is 9.64 Å². The number of amides is 1. The summed E-state index contributed by atoms with van der Waals surface area (Å²) in [5.74, 6) is 0.922. The third-order valence-electron chi connectivity index (χ3n) is 4.90. The SMILES string of the molecule is COc1cccc2sc(N3CCN(C(=O)c4cc(C)cc(C)c4)CC3)nc12. The van der Waals surface area contributed by atoms with Crippen molar-refractivity contribution in [2.75, 3.05) is 38.2 Å². The molecule has 0 bridgehead atoms. The number of methoxy groups -OCH3 is 1. The van der Waals surface area contributed by atoms with Gasteiger partial charge in [0.1, 0.15) is 11.3 Å². The van der Waals surface area contributed by atoms with Gasteiger partial charge in [-0.25, -0.2) is 4.98 Å². The summed E-state index contributed by atoms with van der Waals surface area (Å²) in [5.41, 5.74) is 3.94. The highest BCUT2D eigenvalue weighted by atomic mass is 32.1. The Morgan fingerprint density at radius 1 is 1.07 bits per heavy atom. The van der Waals surface area contributed by atoms with Gasteiger partial charge < -0.3 is 14.5 Å². The zero-order chi connectivity index (χ0) is 19.0. The molecule has 2 heterocycles. The Morgan fingerprint density at radius 3 is 2.44 bits per heavy atom. The number of aromatic nitrogens is 1. The van der Waals surface area contributed by atoms with Crippen LogP contribution in [0.2, 0.25) is 0 Å². The van der Waals surface area contributed by atoms with Crippen LogP contribution in [0.5, 0.6) is 5.75 Å². The second-order valence-electron chi connectivity index (χ2n) is 6.96. The van der Waals surface area contributed by atoms with E-state index in [0.29, 0.717) is 13.1 Å². The maximum atomic E-state index is 12.8. The van der Waals surface area contributed by atoms with E-state index in [1.54, 1.807) is 18.4 Å². The van der Waals surface area contributed by atoms with Gasteiger partial charge >= 0.3 is 0 Å². The number of carbonyl (C=O) groups is 1. The Balaban J connectivity index is 1.48. The number of ether oxygens (including phenoxy) is 1. The number of hydrogen-bond acceptors (Lipinski definition) is 5. The van der Waals surface area contributed by atoms with E-state index in [1.165, 1.54) is 0 Å². The molecule has 0 atom stereocenters. The minimum absolute atomic E-state index is 0.118. The van der Waals surface area contributed by atoms with E-state index < -0.39 is 0 Å². The number of piperazine rings is 1. The van der Waals surface area contributed by atoms with Crippen LogP contribution in [0.4, 0.5) is 5.13 Å². The lowest BCUT2D eigenvalue weighted by molar-refractivity contribution is 0.0746. The van der Waals surface area contributed by atoms with Crippen molar-refractivity contribution in [1.29, 1.82) is 0 Å². The summed E-state index contributed by atoms with van der Waals surface area (Å²) in [7, 11) is 1.67. The molecule has 1 fully saturated rings. The highest BCUT2D eigenvalue weighted by Gasteiger charge is 2.24. The molecule has 0 N–H and O–H groups in total. The first-order valence-corrected chi connectivity index (χ1v) is 9.93. The predicted molar refractivity (Wildman–Crippen MR) is 110 cm³/mol. The maximum Gasteiger partial charge on any atom is 0.253 e. The van der Waals surface area contributed by atoms with E-state index >= 15 is 0 Å². The Kier molecular flexibility index (Phi) is 4.74. The summed E-state index contributed by atoms with van der Waals surface area (Å²) >= 11 is 1.67. The van der Waals surface area contributed by atoms with Crippen molar-refractivity contribution in [3.63, 3.8) is 0 Å². The topological polar surface area (TPSA) is 45.7 Å². The smallest absolute Gasteiger partial charge is 0.253 e. The number of hydrogen-bond donors (Lipinski definition) is 0. The molecule has 5 nitrogen and oxygen atoms in total. The first kappa shape index (κ1) is 17.8. The van der Waals surface area contributed by atoms with Gasteiger partial charge in [-0.15, -0.1) is 0 Å². The average Bonchev–Trinajstić information content (AvgIpc) is 3.11. The monoisotopic (exact) mass is 381 g/mol. The van der Waals surface area contributed by atoms with E-state index in [9.17, 15) is 4.79 Å². The van der Waals surface area contributed by atoms with Crippen molar-refractivity contribution in [2.45, 2.75) is 13.8 Å². The van der Waals surface area contributed by atoms with Crippen molar-refractivity contribution < 1.29 is 9.53 Å². The third kappa shape index (κ3) is 3.49. The molecule has 0 unspecified atom stereocenters. The molecule has 27 heavy (non-hydrogen) atoms. The normalized spacial score (nSPS) is 14.6. The van der Waals surface area contributed by atoms with Gasteiger partial charge in [0.2, 0.25) is 0 Å². The summed E-state index contributed by atoms with van der Waals surface area (Å²) in [6, 6.07) is 12.0. The van der Waals surface area contributed by atoms with Crippen LogP contribution in [-0.2, 0) is 0 Å². The van der Waals surface area contributed by atoms with Gasteiger partial charge in [0.05, 0.1) is 11.8 Å². The lowest BCUT2D eigenvalue weighted by Gasteiger charge is -2.34. The Hall–Kier alpha value is -2.60. The largest absolute Gasteiger partial charge is 0.494 e. The van der Waals surface area contributed by atoms with Crippen LogP contribution in [0, 0.1) is 13.8 Å². The number of thiazole rings is 1. The number of rotatable bonds is 3. The van der Waals surface area contributed by atoms with Gasteiger partial charge in [0.15, 0.2) is 5.13 Å². The van der Waals surface area contributed by atoms with Gasteiger partial charge in [-0.3, -0.25) is 4.79 Å². The molecule has 1 saturated heterocycles. The number of carbonyl (C=O) groups excluding carboxylic acids is 1. The molecule has 0 aliphatic carbocycles. The van der Waals surface area contributed by atoms with Gasteiger partial charge in [0, 0.05) is 31.7 Å². The first-order valence-electron chi connectivity index (χ1n) is 9.11. The number of nitrogens with zero attached hydrogens (tertiary/aromatic N) is 3. The second-order valence-corrected chi connectivity index (χ2v) is 7.97. The number of para-hydroxylation sites is 1. The first-order chi connectivity index (χ1) is 13.0. The fraction of sp³-hybridized carbons (Fsp3) is 0.333. The lowest BCUT2D eigenvalue weighted by atomic mass is 10.1. The Bertz CT molecular complexity index is 970. The Labute approximate surface area is 163 Å². The van der Waals surface area contributed by atoms with Crippen molar-refractivity contribution in [3.05, 3.63) is 53.1 Å². The minimum Gasteiger partial charge on any atom is -0.494 e. The highest BCUT2D eigenvalue weighted by molar-refractivity contribution is 7.22. The van der Waals surface area contributed by atoms with Crippen LogP contribution in [-0.4, -0.2) is 49.1 Å². The molecule has 6 heteroatoms. The number of aryl methyl sites for hydroxylation is 2. The zero-order valence-electron chi connectivity index (χ0n) is 15.9. The summed E-state index contributed by atoms with van der Waals surface area (Å²) in [5, 5.41) is 0.994. The van der Waals surface area contributed by atoms with Crippen molar-refractivity contribution in [2.24, 2.45) is 0 Å². The molecule has 140 valence electrons. The number of fused-ring (bicyclic) bond motifs is 1. The lowest BCUT2D eigenvalue weighted by Crippen LogP contribution is -2.48. The molecule has 1 aliphatic heterocycles. The van der Waals surface area contributed by atoms with Crippen molar-refractivity contribution >= 4 is 32.6 Å². The van der Waals surface area contributed by atoms with Crippen LogP contribution in [0.15, 0.2) is 36.4 Å². The summed E-state index contributed by atoms with van der Waals surface area (Å²) in [4.78, 5) is 21.8. The van der Waals surface area contributed by atoms with E-state index in [2.05, 4.69) is 17.0 Å². The summed E-state index contributed by atoms with van der Waals surface area (Å²) < 4.78 is 6.54.